The fourth-order valence-corrected chi connectivity index (χ4v) is 1.90. The molecule has 0 bridgehead atoms. The van der Waals surface area contributed by atoms with E-state index < -0.39 is 6.10 Å². The molecule has 1 heterocycles. The average Bonchev–Trinajstić information content (AvgIpc) is 2.74. The molecule has 2 N–H and O–H groups in total. The van der Waals surface area contributed by atoms with E-state index in [2.05, 4.69) is 10.5 Å². The highest BCUT2D eigenvalue weighted by atomic mass is 32.2. The van der Waals surface area contributed by atoms with Gasteiger partial charge < -0.3 is 9.63 Å². The molecule has 5 nitrogen and oxygen atoms in total. The van der Waals surface area contributed by atoms with Gasteiger partial charge in [0.25, 0.3) is 0 Å². The molecular formula is C12H20N2O3S. The molecule has 0 saturated carbocycles. The number of thioether (sulfide) groups is 1. The Morgan fingerprint density at radius 2 is 2.17 bits per heavy atom. The number of anilines is 1. The first-order chi connectivity index (χ1) is 8.40. The van der Waals surface area contributed by atoms with Crippen LogP contribution in [0.2, 0.25) is 0 Å². The lowest BCUT2D eigenvalue weighted by molar-refractivity contribution is -0.113. The second-order valence-corrected chi connectivity index (χ2v) is 5.94. The van der Waals surface area contributed by atoms with Gasteiger partial charge in [-0.3, -0.25) is 10.1 Å². The van der Waals surface area contributed by atoms with Crippen molar-refractivity contribution in [2.24, 2.45) is 0 Å². The van der Waals surface area contributed by atoms with Crippen LogP contribution in [0, 0.1) is 0 Å². The fourth-order valence-electron chi connectivity index (χ4n) is 1.14. The molecule has 0 aliphatic heterocycles. The maximum Gasteiger partial charge on any atom is 0.236 e. The molecule has 6 heteroatoms. The van der Waals surface area contributed by atoms with Crippen LogP contribution in [0.3, 0.4) is 0 Å². The van der Waals surface area contributed by atoms with Crippen LogP contribution in [0.4, 0.5) is 5.88 Å². The summed E-state index contributed by atoms with van der Waals surface area (Å²) in [5.41, 5.74) is 0.815. The molecule has 0 aromatic carbocycles. The van der Waals surface area contributed by atoms with E-state index in [0.717, 1.165) is 5.69 Å². The predicted molar refractivity (Wildman–Crippen MR) is 72.8 cm³/mol. The lowest BCUT2D eigenvalue weighted by Gasteiger charge is -2.12. The van der Waals surface area contributed by atoms with E-state index in [1.54, 1.807) is 13.0 Å². The van der Waals surface area contributed by atoms with Gasteiger partial charge in [-0.1, -0.05) is 25.9 Å². The zero-order chi connectivity index (χ0) is 13.7. The molecule has 0 radical (unpaired) electrons. The van der Waals surface area contributed by atoms with Crippen molar-refractivity contribution in [1.82, 2.24) is 5.16 Å². The van der Waals surface area contributed by atoms with Gasteiger partial charge in [-0.2, -0.15) is 0 Å². The Morgan fingerprint density at radius 1 is 1.50 bits per heavy atom. The summed E-state index contributed by atoms with van der Waals surface area (Å²) >= 11 is 1.40. The molecule has 2 atom stereocenters. The monoisotopic (exact) mass is 272 g/mol. The summed E-state index contributed by atoms with van der Waals surface area (Å²) in [7, 11) is 0. The Bertz CT molecular complexity index is 390. The Labute approximate surface area is 111 Å². The molecule has 1 rings (SSSR count). The third kappa shape index (κ3) is 4.70. The van der Waals surface area contributed by atoms with E-state index in [1.807, 2.05) is 20.8 Å². The molecule has 1 aromatic rings. The van der Waals surface area contributed by atoms with Crippen molar-refractivity contribution in [3.8, 4) is 0 Å². The number of aliphatic hydroxyl groups is 1. The van der Waals surface area contributed by atoms with Gasteiger partial charge in [0.2, 0.25) is 11.8 Å². The van der Waals surface area contributed by atoms with Crippen molar-refractivity contribution in [1.29, 1.82) is 0 Å². The SMILES string of the molecule is CC(C)c1cc(NC(=O)CSC(C)C(C)O)on1. The summed E-state index contributed by atoms with van der Waals surface area (Å²) in [5.74, 6) is 0.765. The second-order valence-electron chi connectivity index (χ2n) is 4.58. The number of aliphatic hydroxyl groups excluding tert-OH is 1. The van der Waals surface area contributed by atoms with E-state index in [1.165, 1.54) is 11.8 Å². The normalized spacial score (nSPS) is 14.6. The van der Waals surface area contributed by atoms with Gasteiger partial charge in [-0.15, -0.1) is 11.8 Å². The molecule has 2 unspecified atom stereocenters. The van der Waals surface area contributed by atoms with Crippen LogP contribution in [0.25, 0.3) is 0 Å². The maximum atomic E-state index is 11.6. The minimum Gasteiger partial charge on any atom is -0.392 e. The van der Waals surface area contributed by atoms with E-state index in [0.29, 0.717) is 5.88 Å². The number of rotatable bonds is 6. The molecule has 0 fully saturated rings. The van der Waals surface area contributed by atoms with E-state index in [-0.39, 0.29) is 22.8 Å². The third-order valence-electron chi connectivity index (χ3n) is 2.54. The summed E-state index contributed by atoms with van der Waals surface area (Å²) in [6, 6.07) is 1.73. The Kier molecular flexibility index (Phi) is 5.68. The van der Waals surface area contributed by atoms with Gasteiger partial charge in [-0.25, -0.2) is 0 Å². The average molecular weight is 272 g/mol. The number of aromatic nitrogens is 1. The van der Waals surface area contributed by atoms with Crippen LogP contribution in [0.5, 0.6) is 0 Å². The number of hydrogen-bond donors (Lipinski definition) is 2. The third-order valence-corrected chi connectivity index (χ3v) is 3.89. The standard InChI is InChI=1S/C12H20N2O3S/c1-7(2)10-5-12(17-14-10)13-11(16)6-18-9(4)8(3)15/h5,7-9,15H,6H2,1-4H3,(H,13,16). The number of nitrogens with zero attached hydrogens (tertiary/aromatic N) is 1. The largest absolute Gasteiger partial charge is 0.392 e. The zero-order valence-electron chi connectivity index (χ0n) is 11.1. The quantitative estimate of drug-likeness (QED) is 0.830. The molecular weight excluding hydrogens is 252 g/mol. The van der Waals surface area contributed by atoms with Crippen LogP contribution in [0.15, 0.2) is 10.6 Å². The van der Waals surface area contributed by atoms with E-state index in [9.17, 15) is 9.90 Å². The van der Waals surface area contributed by atoms with Crippen LogP contribution < -0.4 is 5.32 Å². The van der Waals surface area contributed by atoms with Gasteiger partial charge in [0, 0.05) is 11.3 Å². The van der Waals surface area contributed by atoms with E-state index >= 15 is 0 Å². The smallest absolute Gasteiger partial charge is 0.236 e. The first-order valence-corrected chi connectivity index (χ1v) is 7.01. The van der Waals surface area contributed by atoms with Crippen molar-refractivity contribution in [2.75, 3.05) is 11.1 Å². The van der Waals surface area contributed by atoms with Crippen LogP contribution in [-0.2, 0) is 4.79 Å². The molecule has 0 saturated heterocycles. The minimum atomic E-state index is -0.430. The fraction of sp³-hybridized carbons (Fsp3) is 0.667. The molecule has 0 aliphatic rings. The number of carbonyl (C=O) groups is 1. The molecule has 18 heavy (non-hydrogen) atoms. The molecule has 102 valence electrons. The first-order valence-electron chi connectivity index (χ1n) is 5.96. The van der Waals surface area contributed by atoms with Crippen molar-refractivity contribution >= 4 is 23.6 Å². The summed E-state index contributed by atoms with van der Waals surface area (Å²) in [6.45, 7) is 7.60. The number of amides is 1. The lowest BCUT2D eigenvalue weighted by atomic mass is 10.1. The Morgan fingerprint density at radius 3 is 2.67 bits per heavy atom. The van der Waals surface area contributed by atoms with Gasteiger partial charge >= 0.3 is 0 Å². The molecule has 0 spiro atoms. The van der Waals surface area contributed by atoms with Crippen molar-refractivity contribution < 1.29 is 14.4 Å². The highest BCUT2D eigenvalue weighted by Gasteiger charge is 2.14. The predicted octanol–water partition coefficient (Wildman–Crippen LogP) is 2.24. The maximum absolute atomic E-state index is 11.6. The Balaban J connectivity index is 2.40. The van der Waals surface area contributed by atoms with Crippen LogP contribution in [-0.4, -0.2) is 33.3 Å². The van der Waals surface area contributed by atoms with Gasteiger partial charge in [-0.05, 0) is 12.8 Å². The van der Waals surface area contributed by atoms with Crippen molar-refractivity contribution in [3.63, 3.8) is 0 Å². The summed E-state index contributed by atoms with van der Waals surface area (Å²) < 4.78 is 5.01. The highest BCUT2D eigenvalue weighted by molar-refractivity contribution is 8.00. The van der Waals surface area contributed by atoms with Crippen LogP contribution >= 0.6 is 11.8 Å². The number of hydrogen-bond acceptors (Lipinski definition) is 5. The van der Waals surface area contributed by atoms with Gasteiger partial charge in [0.15, 0.2) is 0 Å². The first kappa shape index (κ1) is 15.0. The van der Waals surface area contributed by atoms with Gasteiger partial charge in [0.1, 0.15) is 0 Å². The van der Waals surface area contributed by atoms with E-state index in [4.69, 9.17) is 4.52 Å². The number of carbonyl (C=O) groups excluding carboxylic acids is 1. The van der Waals surface area contributed by atoms with Crippen LogP contribution in [0.1, 0.15) is 39.3 Å². The minimum absolute atomic E-state index is 0.0247. The summed E-state index contributed by atoms with van der Waals surface area (Å²) in [5, 5.41) is 15.8. The number of nitrogens with one attached hydrogen (secondary N) is 1. The lowest BCUT2D eigenvalue weighted by Crippen LogP contribution is -2.20. The topological polar surface area (TPSA) is 75.4 Å². The Hall–Kier alpha value is -1.01. The van der Waals surface area contributed by atoms with Gasteiger partial charge in [0.05, 0.1) is 17.6 Å². The molecule has 1 aromatic heterocycles. The van der Waals surface area contributed by atoms with Crippen molar-refractivity contribution in [3.05, 3.63) is 11.8 Å². The molecule has 0 aliphatic carbocycles. The summed E-state index contributed by atoms with van der Waals surface area (Å²) in [4.78, 5) is 11.6. The summed E-state index contributed by atoms with van der Waals surface area (Å²) in [6.07, 6.45) is -0.430. The zero-order valence-corrected chi connectivity index (χ0v) is 12.0. The molecule has 1 amide bonds. The van der Waals surface area contributed by atoms with Crippen molar-refractivity contribution in [2.45, 2.75) is 45.0 Å². The highest BCUT2D eigenvalue weighted by Crippen LogP contribution is 2.18. The second kappa shape index (κ2) is 6.80.